The number of aromatic nitrogens is 2. The minimum absolute atomic E-state index is 0.442. The van der Waals surface area contributed by atoms with Gasteiger partial charge in [-0.1, -0.05) is 110 Å². The van der Waals surface area contributed by atoms with E-state index in [1.54, 1.807) is 0 Å². The van der Waals surface area contributed by atoms with Gasteiger partial charge in [-0.05, 0) is 68.4 Å². The molecular weight excluding hydrogens is 472 g/mol. The minimum Gasteiger partial charge on any atom is -0.228 e. The summed E-state index contributed by atoms with van der Waals surface area (Å²) in [6, 6.07) is 32.0. The van der Waals surface area contributed by atoms with Gasteiger partial charge in [0.05, 0.1) is 5.69 Å². The van der Waals surface area contributed by atoms with Crippen LogP contribution in [-0.2, 0) is 6.42 Å². The summed E-state index contributed by atoms with van der Waals surface area (Å²) >= 11 is 6.50. The van der Waals surface area contributed by atoms with Crippen LogP contribution in [0, 0.1) is 0 Å². The van der Waals surface area contributed by atoms with Gasteiger partial charge in [-0.15, -0.1) is 0 Å². The molecule has 180 valence electrons. The Morgan fingerprint density at radius 3 is 2.27 bits per heavy atom. The van der Waals surface area contributed by atoms with Crippen LogP contribution in [-0.4, -0.2) is 9.97 Å². The molecule has 7 rings (SSSR count). The van der Waals surface area contributed by atoms with Crippen LogP contribution in [0.4, 0.5) is 0 Å². The molecule has 5 aromatic carbocycles. The molecular formula is C34H27ClN2. The summed E-state index contributed by atoms with van der Waals surface area (Å²) in [5.74, 6) is 0.635. The molecule has 3 heteroatoms. The topological polar surface area (TPSA) is 25.8 Å². The number of allylic oxidation sites excluding steroid dienone is 1. The summed E-state index contributed by atoms with van der Waals surface area (Å²) in [5, 5.41) is 7.80. The quantitative estimate of drug-likeness (QED) is 0.175. The molecule has 0 fully saturated rings. The number of rotatable bonds is 2. The van der Waals surface area contributed by atoms with Crippen LogP contribution < -0.4 is 0 Å². The predicted molar refractivity (Wildman–Crippen MR) is 159 cm³/mol. The minimum atomic E-state index is 0.442. The van der Waals surface area contributed by atoms with E-state index in [2.05, 4.69) is 102 Å². The summed E-state index contributed by atoms with van der Waals surface area (Å²) in [6.07, 6.45) is 6.74. The van der Waals surface area contributed by atoms with Crippen LogP contribution in [0.3, 0.4) is 0 Å². The van der Waals surface area contributed by atoms with Crippen LogP contribution in [0.25, 0.3) is 61.0 Å². The highest BCUT2D eigenvalue weighted by Crippen LogP contribution is 2.33. The largest absolute Gasteiger partial charge is 0.228 e. The Labute approximate surface area is 222 Å². The van der Waals surface area contributed by atoms with Crippen molar-refractivity contribution in [3.8, 4) is 22.6 Å². The number of fused-ring (bicyclic) bond motifs is 6. The van der Waals surface area contributed by atoms with Gasteiger partial charge in [0, 0.05) is 17.2 Å². The van der Waals surface area contributed by atoms with Crippen molar-refractivity contribution in [1.29, 1.82) is 0 Å². The summed E-state index contributed by atoms with van der Waals surface area (Å²) in [4.78, 5) is 9.49. The van der Waals surface area contributed by atoms with E-state index in [-0.39, 0.29) is 0 Å². The molecule has 0 bridgehead atoms. The highest BCUT2D eigenvalue weighted by atomic mass is 35.5. The van der Waals surface area contributed by atoms with Gasteiger partial charge in [-0.25, -0.2) is 9.97 Å². The van der Waals surface area contributed by atoms with Crippen molar-refractivity contribution in [2.24, 2.45) is 0 Å². The number of aryl methyl sites for hydroxylation is 1. The molecule has 1 aromatic heterocycles. The molecule has 1 aliphatic rings. The molecule has 0 saturated heterocycles. The van der Waals surface area contributed by atoms with Gasteiger partial charge in [0.1, 0.15) is 5.15 Å². The lowest BCUT2D eigenvalue weighted by Crippen LogP contribution is -1.96. The Bertz CT molecular complexity index is 1820. The van der Waals surface area contributed by atoms with Gasteiger partial charge >= 0.3 is 0 Å². The highest BCUT2D eigenvalue weighted by Gasteiger charge is 2.12. The van der Waals surface area contributed by atoms with Crippen molar-refractivity contribution in [3.05, 3.63) is 113 Å². The number of halogens is 1. The average Bonchev–Trinajstić information content (AvgIpc) is 2.97. The molecule has 0 saturated carbocycles. The van der Waals surface area contributed by atoms with Crippen LogP contribution in [0.1, 0.15) is 31.4 Å². The molecule has 37 heavy (non-hydrogen) atoms. The van der Waals surface area contributed by atoms with Gasteiger partial charge < -0.3 is 0 Å². The number of nitrogens with zero attached hydrogens (tertiary/aromatic N) is 2. The second kappa shape index (κ2) is 9.80. The lowest BCUT2D eigenvalue weighted by Gasteiger charge is -2.14. The SMILES string of the molecule is CC.Clc1cc(-c2ccc3c4c(ccc3c2)CCC=C4)nc(-c2ccc3c(ccc4ccccc43)c2)n1. The van der Waals surface area contributed by atoms with E-state index in [1.807, 2.05) is 19.9 Å². The Hall–Kier alpha value is -4.01. The first-order valence-electron chi connectivity index (χ1n) is 12.9. The summed E-state index contributed by atoms with van der Waals surface area (Å²) < 4.78 is 0. The van der Waals surface area contributed by atoms with E-state index in [4.69, 9.17) is 16.6 Å². The first-order chi connectivity index (χ1) is 18.2. The average molecular weight is 499 g/mol. The summed E-state index contributed by atoms with van der Waals surface area (Å²) in [6.45, 7) is 4.00. The van der Waals surface area contributed by atoms with E-state index in [0.29, 0.717) is 11.0 Å². The van der Waals surface area contributed by atoms with Gasteiger partial charge in [0.2, 0.25) is 0 Å². The van der Waals surface area contributed by atoms with E-state index in [9.17, 15) is 0 Å². The Morgan fingerprint density at radius 2 is 1.35 bits per heavy atom. The highest BCUT2D eigenvalue weighted by molar-refractivity contribution is 6.29. The lowest BCUT2D eigenvalue weighted by molar-refractivity contribution is 0.990. The monoisotopic (exact) mass is 498 g/mol. The molecule has 0 radical (unpaired) electrons. The standard InChI is InChI=1S/C32H21ClN2.C2H6/c33-31-19-30(24-13-15-28-22(17-24)11-9-20-5-1-3-7-26(20)28)34-32(35-31)25-14-16-29-23(18-25)12-10-21-6-2-4-8-27(21)29;1-2/h2-4,6-19H,1,5H2;1-2H3. The Kier molecular flexibility index (Phi) is 6.20. The molecule has 1 heterocycles. The van der Waals surface area contributed by atoms with Gasteiger partial charge in [0.15, 0.2) is 5.82 Å². The third-order valence-corrected chi connectivity index (χ3v) is 7.20. The number of benzene rings is 5. The zero-order chi connectivity index (χ0) is 25.4. The van der Waals surface area contributed by atoms with E-state index in [1.165, 1.54) is 38.1 Å². The number of hydrogen-bond donors (Lipinski definition) is 0. The van der Waals surface area contributed by atoms with Crippen LogP contribution in [0.2, 0.25) is 5.15 Å². The van der Waals surface area contributed by atoms with Gasteiger partial charge in [0.25, 0.3) is 0 Å². The van der Waals surface area contributed by atoms with Crippen molar-refractivity contribution in [2.45, 2.75) is 26.7 Å². The van der Waals surface area contributed by atoms with Crippen molar-refractivity contribution in [3.63, 3.8) is 0 Å². The van der Waals surface area contributed by atoms with Crippen LogP contribution >= 0.6 is 11.6 Å². The fourth-order valence-corrected chi connectivity index (χ4v) is 5.44. The Morgan fingerprint density at radius 1 is 0.649 bits per heavy atom. The molecule has 1 aliphatic carbocycles. The van der Waals surface area contributed by atoms with Crippen LogP contribution in [0.5, 0.6) is 0 Å². The third-order valence-electron chi connectivity index (χ3n) is 7.01. The molecule has 0 aliphatic heterocycles. The second-order valence-corrected chi connectivity index (χ2v) is 9.52. The summed E-state index contributed by atoms with van der Waals surface area (Å²) in [7, 11) is 0. The fourth-order valence-electron chi connectivity index (χ4n) is 5.26. The Balaban J connectivity index is 0.00000123. The maximum Gasteiger partial charge on any atom is 0.161 e. The van der Waals surface area contributed by atoms with Crippen molar-refractivity contribution in [2.75, 3.05) is 0 Å². The lowest BCUT2D eigenvalue weighted by atomic mass is 9.91. The predicted octanol–water partition coefficient (Wildman–Crippen LogP) is 9.91. The summed E-state index contributed by atoms with van der Waals surface area (Å²) in [5.41, 5.74) is 5.58. The maximum atomic E-state index is 6.50. The maximum absolute atomic E-state index is 6.50. The van der Waals surface area contributed by atoms with E-state index in [0.717, 1.165) is 35.0 Å². The first-order valence-corrected chi connectivity index (χ1v) is 13.3. The normalized spacial score (nSPS) is 12.4. The molecule has 0 unspecified atom stereocenters. The second-order valence-electron chi connectivity index (χ2n) is 9.14. The zero-order valence-electron chi connectivity index (χ0n) is 21.0. The molecule has 0 atom stereocenters. The van der Waals surface area contributed by atoms with Crippen molar-refractivity contribution >= 4 is 50.0 Å². The molecule has 0 N–H and O–H groups in total. The van der Waals surface area contributed by atoms with E-state index < -0.39 is 0 Å². The smallest absolute Gasteiger partial charge is 0.161 e. The molecule has 6 aromatic rings. The van der Waals surface area contributed by atoms with Gasteiger partial charge in [-0.3, -0.25) is 0 Å². The van der Waals surface area contributed by atoms with E-state index >= 15 is 0 Å². The van der Waals surface area contributed by atoms with Crippen molar-refractivity contribution < 1.29 is 0 Å². The third kappa shape index (κ3) is 4.28. The number of hydrogen-bond acceptors (Lipinski definition) is 2. The molecule has 0 amide bonds. The van der Waals surface area contributed by atoms with Crippen molar-refractivity contribution in [1.82, 2.24) is 9.97 Å². The molecule has 2 nitrogen and oxygen atoms in total. The first kappa shape index (κ1) is 23.4. The molecule has 0 spiro atoms. The zero-order valence-corrected chi connectivity index (χ0v) is 21.8. The van der Waals surface area contributed by atoms with Crippen LogP contribution in [0.15, 0.2) is 97.1 Å². The fraction of sp³-hybridized carbons (Fsp3) is 0.118. The van der Waals surface area contributed by atoms with Gasteiger partial charge in [-0.2, -0.15) is 0 Å².